The van der Waals surface area contributed by atoms with Crippen LogP contribution in [0.2, 0.25) is 0 Å². The first-order chi connectivity index (χ1) is 15.4. The van der Waals surface area contributed by atoms with Crippen LogP contribution in [-0.4, -0.2) is 9.38 Å². The minimum absolute atomic E-state index is 0.796. The summed E-state index contributed by atoms with van der Waals surface area (Å²) in [6, 6.07) is 25.2. The molecule has 31 heavy (non-hydrogen) atoms. The summed E-state index contributed by atoms with van der Waals surface area (Å²) in [5, 5.41) is 7.78. The summed E-state index contributed by atoms with van der Waals surface area (Å²) >= 11 is 0. The lowest BCUT2D eigenvalue weighted by atomic mass is 10.0. The number of fused-ring (bicyclic) bond motifs is 13. The molecule has 0 N–H and O–H groups in total. The third-order valence-corrected chi connectivity index (χ3v) is 6.46. The maximum Gasteiger partial charge on any atom is 0.178 e. The summed E-state index contributed by atoms with van der Waals surface area (Å²) in [7, 11) is 0. The van der Waals surface area contributed by atoms with Crippen LogP contribution in [0.25, 0.3) is 71.2 Å². The normalized spacial score (nSPS) is 12.5. The number of pyridine rings is 1. The Morgan fingerprint density at radius 1 is 0.581 bits per heavy atom. The van der Waals surface area contributed by atoms with E-state index in [4.69, 9.17) is 8.83 Å². The van der Waals surface area contributed by atoms with Gasteiger partial charge in [0.2, 0.25) is 0 Å². The average molecular weight is 398 g/mol. The summed E-state index contributed by atoms with van der Waals surface area (Å²) in [4.78, 5) is 4.62. The second kappa shape index (κ2) is 5.24. The number of imidazole rings is 1. The van der Waals surface area contributed by atoms with Gasteiger partial charge in [-0.15, -0.1) is 0 Å². The smallest absolute Gasteiger partial charge is 0.178 e. The van der Waals surface area contributed by atoms with Crippen LogP contribution in [0.5, 0.6) is 0 Å². The fraction of sp³-hybridized carbons (Fsp3) is 0. The van der Waals surface area contributed by atoms with Crippen molar-refractivity contribution in [2.45, 2.75) is 0 Å². The van der Waals surface area contributed by atoms with Crippen molar-refractivity contribution in [1.29, 1.82) is 0 Å². The minimum Gasteiger partial charge on any atom is -0.452 e. The summed E-state index contributed by atoms with van der Waals surface area (Å²) in [6.45, 7) is 0. The molecule has 144 valence electrons. The Balaban J connectivity index is 1.61. The maximum atomic E-state index is 6.43. The van der Waals surface area contributed by atoms with Gasteiger partial charge in [0, 0.05) is 44.7 Å². The van der Waals surface area contributed by atoms with Crippen LogP contribution in [0.1, 0.15) is 0 Å². The zero-order valence-corrected chi connectivity index (χ0v) is 16.3. The van der Waals surface area contributed by atoms with Crippen molar-refractivity contribution in [3.63, 3.8) is 0 Å². The van der Waals surface area contributed by atoms with Gasteiger partial charge in [0.1, 0.15) is 16.8 Å². The van der Waals surface area contributed by atoms with Gasteiger partial charge in [-0.1, -0.05) is 42.5 Å². The van der Waals surface area contributed by atoms with Gasteiger partial charge in [-0.3, -0.25) is 4.40 Å². The third kappa shape index (κ3) is 1.83. The van der Waals surface area contributed by atoms with Crippen molar-refractivity contribution in [3.05, 3.63) is 85.2 Å². The molecule has 0 bridgehead atoms. The van der Waals surface area contributed by atoms with Gasteiger partial charge < -0.3 is 8.83 Å². The molecule has 0 saturated heterocycles. The molecule has 0 atom stereocenters. The van der Waals surface area contributed by atoms with Gasteiger partial charge >= 0.3 is 0 Å². The zero-order valence-electron chi connectivity index (χ0n) is 16.3. The first kappa shape index (κ1) is 15.5. The highest BCUT2D eigenvalue weighted by molar-refractivity contribution is 6.22. The van der Waals surface area contributed by atoms with Crippen LogP contribution < -0.4 is 0 Å². The zero-order chi connectivity index (χ0) is 20.1. The van der Waals surface area contributed by atoms with Crippen molar-refractivity contribution in [2.24, 2.45) is 0 Å². The Morgan fingerprint density at radius 2 is 1.29 bits per heavy atom. The SMILES string of the molecule is c1ccc2c(c1)oc1c2ccc2c3cc4c(cc3oc21)c1ccccc1c1nccn41. The fourth-order valence-corrected chi connectivity index (χ4v) is 5.08. The predicted molar refractivity (Wildman–Crippen MR) is 125 cm³/mol. The Hall–Kier alpha value is -4.31. The molecule has 0 aliphatic rings. The van der Waals surface area contributed by atoms with E-state index in [9.17, 15) is 0 Å². The Morgan fingerprint density at radius 3 is 2.16 bits per heavy atom. The molecule has 0 aliphatic heterocycles. The molecule has 0 radical (unpaired) electrons. The van der Waals surface area contributed by atoms with Crippen LogP contribution in [0.4, 0.5) is 0 Å². The molecular weight excluding hydrogens is 384 g/mol. The number of rotatable bonds is 0. The van der Waals surface area contributed by atoms with Crippen molar-refractivity contribution in [2.75, 3.05) is 0 Å². The Labute approximate surface area is 174 Å². The summed E-state index contributed by atoms with van der Waals surface area (Å²) in [5.74, 6) is 0. The highest BCUT2D eigenvalue weighted by atomic mass is 16.4. The molecule has 8 rings (SSSR count). The fourth-order valence-electron chi connectivity index (χ4n) is 5.08. The van der Waals surface area contributed by atoms with E-state index < -0.39 is 0 Å². The lowest BCUT2D eigenvalue weighted by molar-refractivity contribution is 0.633. The van der Waals surface area contributed by atoms with Gasteiger partial charge in [-0.25, -0.2) is 4.98 Å². The minimum atomic E-state index is 0.796. The van der Waals surface area contributed by atoms with E-state index in [0.717, 1.165) is 65.8 Å². The topological polar surface area (TPSA) is 43.6 Å². The molecule has 4 heteroatoms. The lowest BCUT2D eigenvalue weighted by Crippen LogP contribution is -1.90. The molecule has 4 aromatic carbocycles. The second-order valence-electron chi connectivity index (χ2n) is 8.05. The summed E-state index contributed by atoms with van der Waals surface area (Å²) in [5.41, 5.74) is 5.42. The number of nitrogens with zero attached hydrogens (tertiary/aromatic N) is 2. The van der Waals surface area contributed by atoms with Crippen LogP contribution >= 0.6 is 0 Å². The van der Waals surface area contributed by atoms with Crippen LogP contribution in [0, 0.1) is 0 Å². The first-order valence-electron chi connectivity index (χ1n) is 10.3. The molecule has 0 saturated carbocycles. The maximum absolute atomic E-state index is 6.43. The number of furan rings is 2. The molecule has 0 fully saturated rings. The Kier molecular flexibility index (Phi) is 2.62. The summed E-state index contributed by atoms with van der Waals surface area (Å²) in [6.07, 6.45) is 3.88. The molecule has 0 aliphatic carbocycles. The van der Waals surface area contributed by atoms with E-state index in [1.54, 1.807) is 0 Å². The van der Waals surface area contributed by atoms with Crippen molar-refractivity contribution >= 4 is 71.2 Å². The molecule has 4 aromatic heterocycles. The van der Waals surface area contributed by atoms with Crippen molar-refractivity contribution in [1.82, 2.24) is 9.38 Å². The summed E-state index contributed by atoms with van der Waals surface area (Å²) < 4.78 is 14.8. The molecule has 4 nitrogen and oxygen atoms in total. The monoisotopic (exact) mass is 398 g/mol. The standard InChI is InChI=1S/C27H14N2O2/c1-2-7-19-15(5-1)20-14-24-21(13-22(20)29-12-11-28-27(19)29)18-10-9-17-16-6-3-4-8-23(16)30-25(17)26(18)31-24/h1-14H. The van der Waals surface area contributed by atoms with E-state index in [1.165, 1.54) is 5.39 Å². The molecule has 0 unspecified atom stereocenters. The number of para-hydroxylation sites is 1. The number of hydrogen-bond donors (Lipinski definition) is 0. The Bertz CT molecular complexity index is 2000. The van der Waals surface area contributed by atoms with E-state index in [0.29, 0.717) is 0 Å². The van der Waals surface area contributed by atoms with Gasteiger partial charge in [-0.05, 0) is 35.7 Å². The van der Waals surface area contributed by atoms with Crippen molar-refractivity contribution in [3.8, 4) is 0 Å². The largest absolute Gasteiger partial charge is 0.452 e. The van der Waals surface area contributed by atoms with Crippen molar-refractivity contribution < 1.29 is 8.83 Å². The molecule has 0 amide bonds. The van der Waals surface area contributed by atoms with Crippen LogP contribution in [0.15, 0.2) is 94.0 Å². The predicted octanol–water partition coefficient (Wildman–Crippen LogP) is 7.44. The van der Waals surface area contributed by atoms with Gasteiger partial charge in [0.15, 0.2) is 11.2 Å². The van der Waals surface area contributed by atoms with Crippen LogP contribution in [-0.2, 0) is 0 Å². The lowest BCUT2D eigenvalue weighted by Gasteiger charge is -2.08. The molecule has 8 aromatic rings. The average Bonchev–Trinajstić information content (AvgIpc) is 3.53. The highest BCUT2D eigenvalue weighted by Gasteiger charge is 2.18. The van der Waals surface area contributed by atoms with E-state index >= 15 is 0 Å². The van der Waals surface area contributed by atoms with Gasteiger partial charge in [0.25, 0.3) is 0 Å². The number of benzene rings is 4. The van der Waals surface area contributed by atoms with E-state index in [2.05, 4.69) is 64.0 Å². The van der Waals surface area contributed by atoms with Crippen LogP contribution in [0.3, 0.4) is 0 Å². The molecule has 0 spiro atoms. The second-order valence-corrected chi connectivity index (χ2v) is 8.05. The quantitative estimate of drug-likeness (QED) is 0.249. The van der Waals surface area contributed by atoms with Gasteiger partial charge in [-0.2, -0.15) is 0 Å². The third-order valence-electron chi connectivity index (χ3n) is 6.46. The molecule has 4 heterocycles. The number of aromatic nitrogens is 2. The number of hydrogen-bond acceptors (Lipinski definition) is 3. The van der Waals surface area contributed by atoms with E-state index in [1.807, 2.05) is 30.6 Å². The van der Waals surface area contributed by atoms with E-state index in [-0.39, 0.29) is 0 Å². The molecular formula is C27H14N2O2. The first-order valence-corrected chi connectivity index (χ1v) is 10.3. The van der Waals surface area contributed by atoms with Gasteiger partial charge in [0.05, 0.1) is 5.52 Å². The highest BCUT2D eigenvalue weighted by Crippen LogP contribution is 2.40.